The van der Waals surface area contributed by atoms with Crippen LogP contribution in [-0.4, -0.2) is 0 Å². The molecule has 2 atom stereocenters. The summed E-state index contributed by atoms with van der Waals surface area (Å²) < 4.78 is 0. The van der Waals surface area contributed by atoms with Gasteiger partial charge in [-0.05, 0) is 23.3 Å². The molecule has 0 heteroatoms. The number of hydrogen-bond acceptors (Lipinski definition) is 0. The third kappa shape index (κ3) is 2.60. The quantitative estimate of drug-likeness (QED) is 0.657. The average Bonchev–Trinajstić information content (AvgIpc) is 2.19. The second-order valence-electron chi connectivity index (χ2n) is 4.57. The lowest BCUT2D eigenvalue weighted by Crippen LogP contribution is -2.15. The van der Waals surface area contributed by atoms with E-state index >= 15 is 0 Å². The molecule has 0 spiro atoms. The van der Waals surface area contributed by atoms with Crippen LogP contribution in [0, 0.1) is 11.8 Å². The molecule has 0 heterocycles. The molecule has 1 rings (SSSR count). The maximum Gasteiger partial charge on any atom is -0.0113 e. The Morgan fingerprint density at radius 1 is 1.00 bits per heavy atom. The van der Waals surface area contributed by atoms with Crippen molar-refractivity contribution in [2.75, 3.05) is 0 Å². The maximum absolute atomic E-state index is 2.36. The minimum absolute atomic E-state index is 0.709. The molecular weight excluding hydrogens is 168 g/mol. The minimum Gasteiger partial charge on any atom is -0.0651 e. The van der Waals surface area contributed by atoms with Gasteiger partial charge in [-0.25, -0.2) is 0 Å². The Balaban J connectivity index is 2.89. The molecule has 0 bridgehead atoms. The summed E-state index contributed by atoms with van der Waals surface area (Å²) in [4.78, 5) is 0. The lowest BCUT2D eigenvalue weighted by molar-refractivity contribution is 0.356. The second-order valence-corrected chi connectivity index (χ2v) is 4.57. The monoisotopic (exact) mass is 190 g/mol. The van der Waals surface area contributed by atoms with E-state index in [1.54, 1.807) is 0 Å². The second kappa shape index (κ2) is 5.19. The molecular formula is C14H22. The Labute approximate surface area is 88.4 Å². The van der Waals surface area contributed by atoms with Gasteiger partial charge in [0.1, 0.15) is 0 Å². The van der Waals surface area contributed by atoms with Gasteiger partial charge in [0.25, 0.3) is 0 Å². The van der Waals surface area contributed by atoms with Gasteiger partial charge in [0.15, 0.2) is 0 Å². The molecule has 1 aromatic carbocycles. The number of benzene rings is 1. The normalized spacial score (nSPS) is 15.5. The molecule has 0 amide bonds. The third-order valence-corrected chi connectivity index (χ3v) is 3.16. The zero-order chi connectivity index (χ0) is 10.6. The van der Waals surface area contributed by atoms with Crippen LogP contribution in [0.2, 0.25) is 0 Å². The highest BCUT2D eigenvalue weighted by Crippen LogP contribution is 2.33. The Bertz CT molecular complexity index is 248. The van der Waals surface area contributed by atoms with Crippen LogP contribution in [0.3, 0.4) is 0 Å². The van der Waals surface area contributed by atoms with Crippen molar-refractivity contribution in [3.05, 3.63) is 35.9 Å². The molecule has 0 N–H and O–H groups in total. The van der Waals surface area contributed by atoms with Crippen LogP contribution in [0.25, 0.3) is 0 Å². The highest BCUT2D eigenvalue weighted by Gasteiger charge is 2.20. The van der Waals surface area contributed by atoms with Gasteiger partial charge in [0.2, 0.25) is 0 Å². The van der Waals surface area contributed by atoms with E-state index in [9.17, 15) is 0 Å². The van der Waals surface area contributed by atoms with Crippen molar-refractivity contribution < 1.29 is 0 Å². The van der Waals surface area contributed by atoms with Gasteiger partial charge in [0.05, 0.1) is 0 Å². The molecule has 0 aliphatic carbocycles. The van der Waals surface area contributed by atoms with Gasteiger partial charge < -0.3 is 0 Å². The van der Waals surface area contributed by atoms with Gasteiger partial charge in [-0.3, -0.25) is 0 Å². The van der Waals surface area contributed by atoms with E-state index in [0.29, 0.717) is 5.92 Å². The van der Waals surface area contributed by atoms with Gasteiger partial charge in [0, 0.05) is 0 Å². The molecule has 1 aromatic rings. The molecule has 14 heavy (non-hydrogen) atoms. The molecule has 0 radical (unpaired) electrons. The van der Waals surface area contributed by atoms with E-state index in [0.717, 1.165) is 11.8 Å². The van der Waals surface area contributed by atoms with E-state index < -0.39 is 0 Å². The fourth-order valence-corrected chi connectivity index (χ4v) is 2.30. The Kier molecular flexibility index (Phi) is 4.19. The zero-order valence-electron chi connectivity index (χ0n) is 9.83. The maximum atomic E-state index is 2.36. The average molecular weight is 190 g/mol. The Hall–Kier alpha value is -0.780. The third-order valence-electron chi connectivity index (χ3n) is 3.16. The summed E-state index contributed by atoms with van der Waals surface area (Å²) in [5.74, 6) is 2.21. The molecule has 2 unspecified atom stereocenters. The van der Waals surface area contributed by atoms with E-state index in [1.165, 1.54) is 12.0 Å². The molecule has 0 fully saturated rings. The molecule has 0 aliphatic heterocycles. The summed E-state index contributed by atoms with van der Waals surface area (Å²) in [5, 5.41) is 0. The van der Waals surface area contributed by atoms with Crippen molar-refractivity contribution in [1.82, 2.24) is 0 Å². The first-order valence-corrected chi connectivity index (χ1v) is 5.71. The summed E-state index contributed by atoms with van der Waals surface area (Å²) in [5.41, 5.74) is 1.50. The van der Waals surface area contributed by atoms with Crippen molar-refractivity contribution in [1.29, 1.82) is 0 Å². The fourth-order valence-electron chi connectivity index (χ4n) is 2.30. The largest absolute Gasteiger partial charge is 0.0651 e. The van der Waals surface area contributed by atoms with Crippen molar-refractivity contribution >= 4 is 0 Å². The first-order valence-electron chi connectivity index (χ1n) is 5.71. The Morgan fingerprint density at radius 2 is 1.57 bits per heavy atom. The molecule has 0 saturated carbocycles. The molecule has 0 saturated heterocycles. The van der Waals surface area contributed by atoms with Crippen molar-refractivity contribution in [2.45, 2.75) is 40.0 Å². The highest BCUT2D eigenvalue weighted by atomic mass is 14.2. The lowest BCUT2D eigenvalue weighted by atomic mass is 9.78. The standard InChI is InChI=1S/C14H22/c1-5-12(4)14(11(2)3)13-9-7-6-8-10-13/h6-12,14H,5H2,1-4H3. The van der Waals surface area contributed by atoms with Crippen LogP contribution in [0.5, 0.6) is 0 Å². The summed E-state index contributed by atoms with van der Waals surface area (Å²) in [6, 6.07) is 10.9. The summed E-state index contributed by atoms with van der Waals surface area (Å²) >= 11 is 0. The molecule has 0 aliphatic rings. The first-order chi connectivity index (χ1) is 6.66. The minimum atomic E-state index is 0.709. The van der Waals surface area contributed by atoms with E-state index in [4.69, 9.17) is 0 Å². The molecule has 78 valence electrons. The van der Waals surface area contributed by atoms with Gasteiger partial charge in [-0.1, -0.05) is 64.4 Å². The lowest BCUT2D eigenvalue weighted by Gasteiger charge is -2.27. The summed E-state index contributed by atoms with van der Waals surface area (Å²) in [6.07, 6.45) is 1.26. The van der Waals surface area contributed by atoms with E-state index in [-0.39, 0.29) is 0 Å². The fraction of sp³-hybridized carbons (Fsp3) is 0.571. The van der Waals surface area contributed by atoms with E-state index in [2.05, 4.69) is 58.0 Å². The predicted octanol–water partition coefficient (Wildman–Crippen LogP) is 4.47. The van der Waals surface area contributed by atoms with Crippen LogP contribution in [0.15, 0.2) is 30.3 Å². The number of rotatable bonds is 4. The van der Waals surface area contributed by atoms with Crippen LogP contribution in [0.4, 0.5) is 0 Å². The molecule has 0 nitrogen and oxygen atoms in total. The van der Waals surface area contributed by atoms with Gasteiger partial charge >= 0.3 is 0 Å². The Morgan fingerprint density at radius 3 is 2.00 bits per heavy atom. The highest BCUT2D eigenvalue weighted by molar-refractivity contribution is 5.20. The number of hydrogen-bond donors (Lipinski definition) is 0. The van der Waals surface area contributed by atoms with Crippen LogP contribution < -0.4 is 0 Å². The van der Waals surface area contributed by atoms with Gasteiger partial charge in [-0.2, -0.15) is 0 Å². The zero-order valence-corrected chi connectivity index (χ0v) is 9.83. The predicted molar refractivity (Wildman–Crippen MR) is 63.5 cm³/mol. The SMILES string of the molecule is CCC(C)C(c1ccccc1)C(C)C. The topological polar surface area (TPSA) is 0 Å². The van der Waals surface area contributed by atoms with Crippen LogP contribution >= 0.6 is 0 Å². The molecule has 0 aromatic heterocycles. The summed E-state index contributed by atoms with van der Waals surface area (Å²) in [7, 11) is 0. The van der Waals surface area contributed by atoms with Crippen LogP contribution in [-0.2, 0) is 0 Å². The van der Waals surface area contributed by atoms with Gasteiger partial charge in [-0.15, -0.1) is 0 Å². The van der Waals surface area contributed by atoms with Crippen molar-refractivity contribution in [3.63, 3.8) is 0 Å². The van der Waals surface area contributed by atoms with Crippen LogP contribution in [0.1, 0.15) is 45.6 Å². The first kappa shape index (κ1) is 11.3. The smallest absolute Gasteiger partial charge is 0.0113 e. The van der Waals surface area contributed by atoms with Crippen molar-refractivity contribution in [2.24, 2.45) is 11.8 Å². The van der Waals surface area contributed by atoms with Crippen molar-refractivity contribution in [3.8, 4) is 0 Å². The van der Waals surface area contributed by atoms with E-state index in [1.807, 2.05) is 0 Å². The summed E-state index contributed by atoms with van der Waals surface area (Å²) in [6.45, 7) is 9.29.